The van der Waals surface area contributed by atoms with Crippen molar-refractivity contribution in [3.63, 3.8) is 0 Å². The lowest BCUT2D eigenvalue weighted by Gasteiger charge is -2.36. The average Bonchev–Trinajstić information content (AvgIpc) is 2.33. The van der Waals surface area contributed by atoms with Crippen molar-refractivity contribution in [3.05, 3.63) is 29.3 Å². The van der Waals surface area contributed by atoms with Gasteiger partial charge in [-0.05, 0) is 48.2 Å². The molecule has 0 N–H and O–H groups in total. The molecule has 0 amide bonds. The van der Waals surface area contributed by atoms with Crippen LogP contribution in [0.1, 0.15) is 51.7 Å². The highest BCUT2D eigenvalue weighted by Crippen LogP contribution is 2.36. The van der Waals surface area contributed by atoms with E-state index in [4.69, 9.17) is 9.16 Å². The Labute approximate surface area is 132 Å². The second-order valence-electron chi connectivity index (χ2n) is 7.65. The standard InChI is InChI=1S/C18H32O2Si/c1-14(2)16-10-9-15(3)13-17(16)19-11-12-20-21(7,8)18(4,5)6/h9-10,13-14H,11-12H2,1-8H3. The molecule has 1 aromatic carbocycles. The quantitative estimate of drug-likeness (QED) is 0.509. The second kappa shape index (κ2) is 6.97. The van der Waals surface area contributed by atoms with E-state index < -0.39 is 8.32 Å². The molecule has 1 rings (SSSR count). The van der Waals surface area contributed by atoms with Crippen LogP contribution in [0.5, 0.6) is 5.75 Å². The molecule has 0 unspecified atom stereocenters. The van der Waals surface area contributed by atoms with Gasteiger partial charge >= 0.3 is 0 Å². The van der Waals surface area contributed by atoms with Crippen molar-refractivity contribution >= 4 is 8.32 Å². The van der Waals surface area contributed by atoms with Crippen molar-refractivity contribution < 1.29 is 9.16 Å². The van der Waals surface area contributed by atoms with Gasteiger partial charge in [0.15, 0.2) is 8.32 Å². The van der Waals surface area contributed by atoms with Crippen LogP contribution in [-0.4, -0.2) is 21.5 Å². The molecule has 0 spiro atoms. The lowest BCUT2D eigenvalue weighted by Crippen LogP contribution is -2.41. The normalized spacial score (nSPS) is 12.8. The summed E-state index contributed by atoms with van der Waals surface area (Å²) >= 11 is 0. The molecule has 0 heterocycles. The first-order valence-electron chi connectivity index (χ1n) is 7.92. The molecule has 0 aliphatic heterocycles. The van der Waals surface area contributed by atoms with Gasteiger partial charge in [-0.2, -0.15) is 0 Å². The van der Waals surface area contributed by atoms with Gasteiger partial charge in [0, 0.05) is 0 Å². The van der Waals surface area contributed by atoms with E-state index in [2.05, 4.69) is 72.8 Å². The third-order valence-corrected chi connectivity index (χ3v) is 8.94. The SMILES string of the molecule is Cc1ccc(C(C)C)c(OCCO[Si](C)(C)C(C)(C)C)c1. The summed E-state index contributed by atoms with van der Waals surface area (Å²) in [7, 11) is -1.67. The van der Waals surface area contributed by atoms with Gasteiger partial charge in [0.25, 0.3) is 0 Å². The lowest BCUT2D eigenvalue weighted by atomic mass is 10.0. The molecule has 0 aliphatic rings. The van der Waals surface area contributed by atoms with E-state index in [1.165, 1.54) is 11.1 Å². The number of ether oxygens (including phenoxy) is 1. The van der Waals surface area contributed by atoms with Crippen LogP contribution in [0.2, 0.25) is 18.1 Å². The maximum atomic E-state index is 6.16. The van der Waals surface area contributed by atoms with Crippen molar-refractivity contribution in [3.8, 4) is 5.75 Å². The number of benzene rings is 1. The Morgan fingerprint density at radius 3 is 2.24 bits per heavy atom. The van der Waals surface area contributed by atoms with E-state index in [0.717, 1.165) is 5.75 Å². The second-order valence-corrected chi connectivity index (χ2v) is 12.5. The van der Waals surface area contributed by atoms with Gasteiger partial charge in [-0.3, -0.25) is 0 Å². The molecular formula is C18H32O2Si. The molecule has 2 nitrogen and oxygen atoms in total. The third kappa shape index (κ3) is 5.15. The van der Waals surface area contributed by atoms with Crippen LogP contribution in [0.25, 0.3) is 0 Å². The van der Waals surface area contributed by atoms with E-state index >= 15 is 0 Å². The maximum absolute atomic E-state index is 6.16. The lowest BCUT2D eigenvalue weighted by molar-refractivity contribution is 0.202. The van der Waals surface area contributed by atoms with Gasteiger partial charge in [-0.15, -0.1) is 0 Å². The molecular weight excluding hydrogens is 276 g/mol. The molecule has 0 atom stereocenters. The van der Waals surface area contributed by atoms with E-state index in [9.17, 15) is 0 Å². The Morgan fingerprint density at radius 1 is 1.10 bits per heavy atom. The van der Waals surface area contributed by atoms with Crippen molar-refractivity contribution in [2.75, 3.05) is 13.2 Å². The first-order valence-corrected chi connectivity index (χ1v) is 10.8. The highest BCUT2D eigenvalue weighted by Gasteiger charge is 2.36. The first-order chi connectivity index (χ1) is 9.54. The number of hydrogen-bond donors (Lipinski definition) is 0. The summed E-state index contributed by atoms with van der Waals surface area (Å²) in [6.45, 7) is 19.1. The minimum absolute atomic E-state index is 0.249. The summed E-state index contributed by atoms with van der Waals surface area (Å²) in [4.78, 5) is 0. The summed E-state index contributed by atoms with van der Waals surface area (Å²) in [5.41, 5.74) is 2.51. The zero-order chi connectivity index (χ0) is 16.3. The fourth-order valence-electron chi connectivity index (χ4n) is 1.91. The highest BCUT2D eigenvalue weighted by atomic mass is 28.4. The van der Waals surface area contributed by atoms with Gasteiger partial charge in [-0.25, -0.2) is 0 Å². The van der Waals surface area contributed by atoms with Gasteiger partial charge < -0.3 is 9.16 Å². The summed E-state index contributed by atoms with van der Waals surface area (Å²) < 4.78 is 12.1. The molecule has 1 aromatic rings. The fraction of sp³-hybridized carbons (Fsp3) is 0.667. The van der Waals surface area contributed by atoms with Crippen LogP contribution in [0, 0.1) is 6.92 Å². The summed E-state index contributed by atoms with van der Waals surface area (Å²) in [6, 6.07) is 6.44. The van der Waals surface area contributed by atoms with Crippen LogP contribution in [0.3, 0.4) is 0 Å². The number of aryl methyl sites for hydroxylation is 1. The minimum Gasteiger partial charge on any atom is -0.491 e. The highest BCUT2D eigenvalue weighted by molar-refractivity contribution is 6.74. The largest absolute Gasteiger partial charge is 0.491 e. The minimum atomic E-state index is -1.67. The first kappa shape index (κ1) is 18.2. The molecule has 3 heteroatoms. The van der Waals surface area contributed by atoms with Gasteiger partial charge in [-0.1, -0.05) is 46.8 Å². The van der Waals surface area contributed by atoms with Crippen molar-refractivity contribution in [2.45, 2.75) is 65.6 Å². The Bertz CT molecular complexity index is 459. The molecule has 0 saturated heterocycles. The van der Waals surface area contributed by atoms with Crippen molar-refractivity contribution in [1.82, 2.24) is 0 Å². The molecule has 0 fully saturated rings. The summed E-state index contributed by atoms with van der Waals surface area (Å²) in [6.07, 6.45) is 0. The van der Waals surface area contributed by atoms with Crippen LogP contribution in [0.4, 0.5) is 0 Å². The van der Waals surface area contributed by atoms with E-state index in [1.54, 1.807) is 0 Å². The molecule has 120 valence electrons. The Morgan fingerprint density at radius 2 is 1.71 bits per heavy atom. The van der Waals surface area contributed by atoms with Crippen molar-refractivity contribution in [1.29, 1.82) is 0 Å². The molecule has 0 bridgehead atoms. The van der Waals surface area contributed by atoms with Crippen LogP contribution < -0.4 is 4.74 Å². The summed E-state index contributed by atoms with van der Waals surface area (Å²) in [5.74, 6) is 1.48. The molecule has 0 aromatic heterocycles. The fourth-order valence-corrected chi connectivity index (χ4v) is 2.94. The molecule has 0 radical (unpaired) electrons. The maximum Gasteiger partial charge on any atom is 0.192 e. The zero-order valence-corrected chi connectivity index (χ0v) is 16.0. The number of rotatable bonds is 6. The van der Waals surface area contributed by atoms with Crippen molar-refractivity contribution in [2.24, 2.45) is 0 Å². The smallest absolute Gasteiger partial charge is 0.192 e. The molecule has 21 heavy (non-hydrogen) atoms. The van der Waals surface area contributed by atoms with E-state index in [0.29, 0.717) is 19.1 Å². The Hall–Kier alpha value is -0.803. The Kier molecular flexibility index (Phi) is 6.06. The van der Waals surface area contributed by atoms with E-state index in [-0.39, 0.29) is 5.04 Å². The molecule has 0 aliphatic carbocycles. The van der Waals surface area contributed by atoms with Gasteiger partial charge in [0.05, 0.1) is 6.61 Å². The Balaban J connectivity index is 2.59. The van der Waals surface area contributed by atoms with Gasteiger partial charge in [0.1, 0.15) is 12.4 Å². The predicted octanol–water partition coefficient (Wildman–Crippen LogP) is 5.52. The van der Waals surface area contributed by atoms with E-state index in [1.807, 2.05) is 0 Å². The topological polar surface area (TPSA) is 18.5 Å². The van der Waals surface area contributed by atoms with Crippen LogP contribution >= 0.6 is 0 Å². The predicted molar refractivity (Wildman–Crippen MR) is 93.9 cm³/mol. The third-order valence-electron chi connectivity index (χ3n) is 4.40. The average molecular weight is 309 g/mol. The zero-order valence-electron chi connectivity index (χ0n) is 15.0. The summed E-state index contributed by atoms with van der Waals surface area (Å²) in [5, 5.41) is 0.249. The number of hydrogen-bond acceptors (Lipinski definition) is 2. The van der Waals surface area contributed by atoms with Crippen LogP contribution in [0.15, 0.2) is 18.2 Å². The molecule has 0 saturated carbocycles. The monoisotopic (exact) mass is 308 g/mol. The van der Waals surface area contributed by atoms with Crippen LogP contribution in [-0.2, 0) is 4.43 Å². The van der Waals surface area contributed by atoms with Gasteiger partial charge in [0.2, 0.25) is 0 Å².